The summed E-state index contributed by atoms with van der Waals surface area (Å²) in [5, 5.41) is 4.07. The molecule has 0 saturated carbocycles. The van der Waals surface area contributed by atoms with Crippen molar-refractivity contribution in [1.82, 2.24) is 14.8 Å². The summed E-state index contributed by atoms with van der Waals surface area (Å²) in [6.45, 7) is 2.13. The van der Waals surface area contributed by atoms with E-state index in [1.54, 1.807) is 0 Å². The summed E-state index contributed by atoms with van der Waals surface area (Å²) in [5.41, 5.74) is 6.49. The Morgan fingerprint density at radius 2 is 2.36 bits per heavy atom. The molecule has 5 nitrogen and oxygen atoms in total. The molecule has 5 heteroatoms. The average molecular weight is 198 g/mol. The van der Waals surface area contributed by atoms with Crippen LogP contribution in [0.1, 0.15) is 12.0 Å². The summed E-state index contributed by atoms with van der Waals surface area (Å²) in [5.74, 6) is 0. The van der Waals surface area contributed by atoms with Crippen LogP contribution in [0.5, 0.6) is 0 Å². The van der Waals surface area contributed by atoms with Gasteiger partial charge in [0.15, 0.2) is 0 Å². The van der Waals surface area contributed by atoms with Gasteiger partial charge in [-0.2, -0.15) is 0 Å². The fraction of sp³-hybridized carbons (Fsp3) is 0.667. The van der Waals surface area contributed by atoms with Crippen LogP contribution in [0, 0.1) is 0 Å². The molecular formula is C9H18N4O. The van der Waals surface area contributed by atoms with E-state index in [1.165, 1.54) is 4.85 Å². The van der Waals surface area contributed by atoms with Crippen LogP contribution in [-0.2, 0) is 6.54 Å². The molecule has 0 aromatic carbocycles. The van der Waals surface area contributed by atoms with Crippen molar-refractivity contribution in [1.29, 1.82) is 0 Å². The van der Waals surface area contributed by atoms with Gasteiger partial charge < -0.3 is 15.5 Å². The van der Waals surface area contributed by atoms with E-state index in [2.05, 4.69) is 10.00 Å². The Labute approximate surface area is 84.4 Å². The van der Waals surface area contributed by atoms with Crippen molar-refractivity contribution in [2.24, 2.45) is 5.73 Å². The Kier molecular flexibility index (Phi) is 4.42. The van der Waals surface area contributed by atoms with Crippen LogP contribution in [0.15, 0.2) is 12.4 Å². The van der Waals surface area contributed by atoms with Gasteiger partial charge in [-0.1, -0.05) is 0 Å². The van der Waals surface area contributed by atoms with Gasteiger partial charge in [-0.3, -0.25) is 0 Å². The third-order valence-corrected chi connectivity index (χ3v) is 1.68. The van der Waals surface area contributed by atoms with Crippen LogP contribution in [0.2, 0.25) is 0 Å². The lowest BCUT2D eigenvalue weighted by Crippen LogP contribution is -2.16. The second-order valence-corrected chi connectivity index (χ2v) is 3.46. The number of hydrogen-bond acceptors (Lipinski definition) is 4. The molecule has 80 valence electrons. The standard InChI is InChI=1S/C9H18N4O/c1-12(2)7-9-6-11-13(8-9)14-5-3-4-10/h6,8H,3-5,7,10H2,1-2H3. The van der Waals surface area contributed by atoms with Crippen LogP contribution in [-0.4, -0.2) is 42.1 Å². The fourth-order valence-electron chi connectivity index (χ4n) is 1.10. The van der Waals surface area contributed by atoms with E-state index in [0.29, 0.717) is 13.2 Å². The van der Waals surface area contributed by atoms with E-state index in [-0.39, 0.29) is 0 Å². The largest absolute Gasteiger partial charge is 0.397 e. The quantitative estimate of drug-likeness (QED) is 0.639. The van der Waals surface area contributed by atoms with Gasteiger partial charge in [0.2, 0.25) is 0 Å². The molecule has 0 aliphatic rings. The maximum Gasteiger partial charge on any atom is 0.118 e. The van der Waals surface area contributed by atoms with E-state index in [0.717, 1.165) is 18.5 Å². The van der Waals surface area contributed by atoms with Gasteiger partial charge in [-0.05, 0) is 27.1 Å². The first kappa shape index (κ1) is 11.0. The predicted molar refractivity (Wildman–Crippen MR) is 54.7 cm³/mol. The molecule has 2 N–H and O–H groups in total. The maximum absolute atomic E-state index is 5.35. The average Bonchev–Trinajstić information content (AvgIpc) is 2.52. The monoisotopic (exact) mass is 198 g/mol. The Morgan fingerprint density at radius 3 is 3.00 bits per heavy atom. The summed E-state index contributed by atoms with van der Waals surface area (Å²) in [6, 6.07) is 0. The summed E-state index contributed by atoms with van der Waals surface area (Å²) >= 11 is 0. The minimum atomic E-state index is 0.611. The van der Waals surface area contributed by atoms with E-state index in [4.69, 9.17) is 10.6 Å². The van der Waals surface area contributed by atoms with Crippen molar-refractivity contribution in [2.75, 3.05) is 27.2 Å². The lowest BCUT2D eigenvalue weighted by molar-refractivity contribution is 0.0814. The van der Waals surface area contributed by atoms with Crippen molar-refractivity contribution in [3.63, 3.8) is 0 Å². The fourth-order valence-corrected chi connectivity index (χ4v) is 1.10. The summed E-state index contributed by atoms with van der Waals surface area (Å²) in [4.78, 5) is 8.89. The minimum Gasteiger partial charge on any atom is -0.397 e. The number of aromatic nitrogens is 2. The first-order valence-electron chi connectivity index (χ1n) is 4.74. The van der Waals surface area contributed by atoms with Gasteiger partial charge in [0.1, 0.15) is 6.61 Å². The van der Waals surface area contributed by atoms with E-state index < -0.39 is 0 Å². The number of nitrogens with zero attached hydrogens (tertiary/aromatic N) is 3. The zero-order chi connectivity index (χ0) is 10.4. The highest BCUT2D eigenvalue weighted by Gasteiger charge is 1.99. The zero-order valence-electron chi connectivity index (χ0n) is 8.81. The third kappa shape index (κ3) is 3.76. The molecule has 0 aliphatic heterocycles. The molecule has 0 atom stereocenters. The van der Waals surface area contributed by atoms with E-state index >= 15 is 0 Å². The molecule has 1 aromatic heterocycles. The summed E-state index contributed by atoms with van der Waals surface area (Å²) < 4.78 is 0. The Balaban J connectivity index is 2.35. The highest BCUT2D eigenvalue weighted by atomic mass is 16.7. The van der Waals surface area contributed by atoms with Crippen molar-refractivity contribution < 1.29 is 4.84 Å². The summed E-state index contributed by atoms with van der Waals surface area (Å²) in [6.07, 6.45) is 4.54. The molecular weight excluding hydrogens is 180 g/mol. The predicted octanol–water partition coefficient (Wildman–Crippen LogP) is -0.278. The van der Waals surface area contributed by atoms with Crippen molar-refractivity contribution >= 4 is 0 Å². The van der Waals surface area contributed by atoms with Crippen molar-refractivity contribution in [3.8, 4) is 0 Å². The van der Waals surface area contributed by atoms with Gasteiger partial charge in [0.05, 0.1) is 12.4 Å². The number of nitrogens with two attached hydrogens (primary N) is 1. The van der Waals surface area contributed by atoms with Crippen molar-refractivity contribution in [2.45, 2.75) is 13.0 Å². The molecule has 0 fully saturated rings. The molecule has 0 radical (unpaired) electrons. The van der Waals surface area contributed by atoms with Gasteiger partial charge in [0, 0.05) is 12.1 Å². The van der Waals surface area contributed by atoms with Crippen LogP contribution in [0.3, 0.4) is 0 Å². The smallest absolute Gasteiger partial charge is 0.118 e. The van der Waals surface area contributed by atoms with E-state index in [9.17, 15) is 0 Å². The molecule has 0 amide bonds. The van der Waals surface area contributed by atoms with E-state index in [1.807, 2.05) is 26.5 Å². The van der Waals surface area contributed by atoms with Crippen molar-refractivity contribution in [3.05, 3.63) is 18.0 Å². The van der Waals surface area contributed by atoms with Crippen LogP contribution in [0.4, 0.5) is 0 Å². The van der Waals surface area contributed by atoms with Gasteiger partial charge in [-0.25, -0.2) is 0 Å². The second-order valence-electron chi connectivity index (χ2n) is 3.46. The lowest BCUT2D eigenvalue weighted by Gasteiger charge is -2.06. The van der Waals surface area contributed by atoms with Gasteiger partial charge >= 0.3 is 0 Å². The third-order valence-electron chi connectivity index (χ3n) is 1.68. The molecule has 0 aliphatic carbocycles. The molecule has 0 bridgehead atoms. The van der Waals surface area contributed by atoms with Crippen LogP contribution < -0.4 is 10.6 Å². The molecule has 1 rings (SSSR count). The number of hydrogen-bond donors (Lipinski definition) is 1. The molecule has 14 heavy (non-hydrogen) atoms. The molecule has 1 heterocycles. The van der Waals surface area contributed by atoms with Crippen LogP contribution in [0.25, 0.3) is 0 Å². The van der Waals surface area contributed by atoms with Gasteiger partial charge in [0.25, 0.3) is 0 Å². The molecule has 1 aromatic rings. The second kappa shape index (κ2) is 5.62. The highest BCUT2D eigenvalue weighted by molar-refractivity contribution is 5.02. The molecule has 0 unspecified atom stereocenters. The zero-order valence-corrected chi connectivity index (χ0v) is 8.81. The highest BCUT2D eigenvalue weighted by Crippen LogP contribution is 1.98. The number of rotatable bonds is 6. The normalized spacial score (nSPS) is 10.9. The Hall–Kier alpha value is -1.07. The van der Waals surface area contributed by atoms with Gasteiger partial charge in [-0.15, -0.1) is 9.94 Å². The Bertz CT molecular complexity index is 259. The first-order chi connectivity index (χ1) is 6.72. The Morgan fingerprint density at radius 1 is 1.57 bits per heavy atom. The topological polar surface area (TPSA) is 56.3 Å². The first-order valence-corrected chi connectivity index (χ1v) is 4.74. The molecule has 0 saturated heterocycles. The lowest BCUT2D eigenvalue weighted by atomic mass is 10.3. The minimum absolute atomic E-state index is 0.611. The SMILES string of the molecule is CN(C)Cc1cnn(OCCCN)c1. The maximum atomic E-state index is 5.35. The molecule has 0 spiro atoms. The summed E-state index contributed by atoms with van der Waals surface area (Å²) in [7, 11) is 4.04. The van der Waals surface area contributed by atoms with Crippen LogP contribution >= 0.6 is 0 Å².